The summed E-state index contributed by atoms with van der Waals surface area (Å²) in [6.45, 7) is 3.79. The van der Waals surface area contributed by atoms with Gasteiger partial charge in [0.25, 0.3) is 5.69 Å². The number of rotatable bonds is 8. The van der Waals surface area contributed by atoms with Gasteiger partial charge < -0.3 is 14.2 Å². The first-order chi connectivity index (χ1) is 13.3. The lowest BCUT2D eigenvalue weighted by molar-refractivity contribution is -0.385. The van der Waals surface area contributed by atoms with Crippen molar-refractivity contribution in [2.24, 2.45) is 0 Å². The molecule has 0 aromatic heterocycles. The molecule has 148 valence electrons. The van der Waals surface area contributed by atoms with Crippen LogP contribution in [0.2, 0.25) is 0 Å². The van der Waals surface area contributed by atoms with Crippen molar-refractivity contribution in [1.29, 1.82) is 0 Å². The number of carbonyl (C=O) groups is 1. The Morgan fingerprint density at radius 3 is 2.11 bits per heavy atom. The third kappa shape index (κ3) is 4.49. The maximum Gasteiger partial charge on any atom is 0.273 e. The fourth-order valence-electron chi connectivity index (χ4n) is 2.80. The van der Waals surface area contributed by atoms with Gasteiger partial charge in [0.1, 0.15) is 0 Å². The number of methoxy groups -OCH3 is 3. The summed E-state index contributed by atoms with van der Waals surface area (Å²) in [5.74, 6) is 0.866. The van der Waals surface area contributed by atoms with Gasteiger partial charge in [-0.1, -0.05) is 32.1 Å². The number of ether oxygens (including phenoxy) is 3. The van der Waals surface area contributed by atoms with Gasteiger partial charge in [-0.25, -0.2) is 0 Å². The number of nitrogens with zero attached hydrogens (tertiary/aromatic N) is 1. The Bertz CT molecular complexity index is 892. The second kappa shape index (κ2) is 9.03. The van der Waals surface area contributed by atoms with E-state index in [-0.39, 0.29) is 17.4 Å². The zero-order valence-corrected chi connectivity index (χ0v) is 16.5. The van der Waals surface area contributed by atoms with E-state index in [4.69, 9.17) is 14.2 Å². The van der Waals surface area contributed by atoms with Crippen LogP contribution < -0.4 is 14.2 Å². The molecule has 0 bridgehead atoms. The average Bonchev–Trinajstić information content (AvgIpc) is 2.70. The third-order valence-corrected chi connectivity index (χ3v) is 4.25. The van der Waals surface area contributed by atoms with E-state index in [1.165, 1.54) is 33.5 Å². The summed E-state index contributed by atoms with van der Waals surface area (Å²) in [5.41, 5.74) is 1.60. The van der Waals surface area contributed by atoms with Crippen molar-refractivity contribution >= 4 is 17.5 Å². The molecule has 0 aliphatic rings. The molecule has 2 rings (SSSR count). The molecule has 7 heteroatoms. The van der Waals surface area contributed by atoms with Crippen LogP contribution in [-0.2, 0) is 0 Å². The van der Waals surface area contributed by atoms with Gasteiger partial charge >= 0.3 is 0 Å². The molecule has 0 radical (unpaired) electrons. The fraction of sp³-hybridized carbons (Fsp3) is 0.286. The van der Waals surface area contributed by atoms with E-state index < -0.39 is 4.92 Å². The summed E-state index contributed by atoms with van der Waals surface area (Å²) in [4.78, 5) is 23.5. The molecule has 0 N–H and O–H groups in total. The van der Waals surface area contributed by atoms with Crippen molar-refractivity contribution in [3.63, 3.8) is 0 Å². The number of benzene rings is 2. The first kappa shape index (κ1) is 21.0. The highest BCUT2D eigenvalue weighted by atomic mass is 16.6. The predicted molar refractivity (Wildman–Crippen MR) is 107 cm³/mol. The summed E-state index contributed by atoms with van der Waals surface area (Å²) in [6.07, 6.45) is 2.90. The van der Waals surface area contributed by atoms with Crippen LogP contribution in [0.15, 0.2) is 36.4 Å². The highest BCUT2D eigenvalue weighted by Gasteiger charge is 2.17. The van der Waals surface area contributed by atoms with E-state index in [2.05, 4.69) is 0 Å². The SMILES string of the molecule is COc1cc(C(=O)/C=C/c2ccc(C(C)C)c([N+](=O)[O-])c2)cc(OC)c1OC. The van der Waals surface area contributed by atoms with Gasteiger partial charge in [-0.05, 0) is 29.7 Å². The number of nitro groups is 1. The number of carbonyl (C=O) groups excluding carboxylic acids is 1. The van der Waals surface area contributed by atoms with Crippen LogP contribution in [0.4, 0.5) is 5.69 Å². The monoisotopic (exact) mass is 385 g/mol. The molecule has 0 heterocycles. The van der Waals surface area contributed by atoms with Crippen molar-refractivity contribution < 1.29 is 23.9 Å². The standard InChI is InChI=1S/C21H23NO6/c1-13(2)16-8-6-14(10-17(16)22(24)25)7-9-18(23)15-11-19(26-3)21(28-5)20(12-15)27-4/h6-13H,1-5H3/b9-7+. The highest BCUT2D eigenvalue weighted by Crippen LogP contribution is 2.38. The lowest BCUT2D eigenvalue weighted by atomic mass is 9.99. The highest BCUT2D eigenvalue weighted by molar-refractivity contribution is 6.07. The Balaban J connectivity index is 2.36. The number of nitro benzene ring substituents is 1. The maximum absolute atomic E-state index is 12.6. The molecule has 0 fully saturated rings. The van der Waals surface area contributed by atoms with Gasteiger partial charge in [0.2, 0.25) is 5.75 Å². The van der Waals surface area contributed by atoms with Gasteiger partial charge in [-0.2, -0.15) is 0 Å². The second-order valence-corrected chi connectivity index (χ2v) is 6.34. The molecule has 0 aliphatic heterocycles. The van der Waals surface area contributed by atoms with Crippen molar-refractivity contribution in [2.75, 3.05) is 21.3 Å². The van der Waals surface area contributed by atoms with Crippen LogP contribution in [0.1, 0.15) is 41.3 Å². The summed E-state index contributed by atoms with van der Waals surface area (Å²) < 4.78 is 15.8. The molecule has 0 saturated carbocycles. The summed E-state index contributed by atoms with van der Waals surface area (Å²) in [6, 6.07) is 8.04. The summed E-state index contributed by atoms with van der Waals surface area (Å²) in [7, 11) is 4.42. The van der Waals surface area contributed by atoms with Gasteiger partial charge in [0, 0.05) is 17.2 Å². The molecule has 0 aliphatic carbocycles. The van der Waals surface area contributed by atoms with E-state index in [0.717, 1.165) is 0 Å². The van der Waals surface area contributed by atoms with Crippen LogP contribution >= 0.6 is 0 Å². The van der Waals surface area contributed by atoms with Gasteiger partial charge in [-0.15, -0.1) is 0 Å². The number of allylic oxidation sites excluding steroid dienone is 1. The van der Waals surface area contributed by atoms with Gasteiger partial charge in [0.15, 0.2) is 17.3 Å². The maximum atomic E-state index is 12.6. The number of ketones is 1. The average molecular weight is 385 g/mol. The lowest BCUT2D eigenvalue weighted by Crippen LogP contribution is -2.00. The van der Waals surface area contributed by atoms with Crippen LogP contribution in [-0.4, -0.2) is 32.0 Å². The molecule has 0 saturated heterocycles. The first-order valence-electron chi connectivity index (χ1n) is 8.63. The summed E-state index contributed by atoms with van der Waals surface area (Å²) in [5, 5.41) is 11.3. The Kier molecular flexibility index (Phi) is 6.76. The molecule has 0 unspecified atom stereocenters. The zero-order chi connectivity index (χ0) is 20.8. The molecule has 7 nitrogen and oxygen atoms in total. The van der Waals surface area contributed by atoms with Crippen molar-refractivity contribution in [1.82, 2.24) is 0 Å². The van der Waals surface area contributed by atoms with Crippen molar-refractivity contribution in [3.05, 3.63) is 63.2 Å². The van der Waals surface area contributed by atoms with Crippen LogP contribution in [0.5, 0.6) is 17.2 Å². The van der Waals surface area contributed by atoms with E-state index >= 15 is 0 Å². The Hall–Kier alpha value is -3.35. The van der Waals surface area contributed by atoms with Gasteiger partial charge in [-0.3, -0.25) is 14.9 Å². The van der Waals surface area contributed by atoms with Crippen LogP contribution in [0.25, 0.3) is 6.08 Å². The van der Waals surface area contributed by atoms with E-state index in [1.54, 1.807) is 30.3 Å². The molecule has 28 heavy (non-hydrogen) atoms. The van der Waals surface area contributed by atoms with Crippen molar-refractivity contribution in [3.8, 4) is 17.2 Å². The van der Waals surface area contributed by atoms with E-state index in [1.807, 2.05) is 13.8 Å². The Morgan fingerprint density at radius 1 is 1.04 bits per heavy atom. The minimum Gasteiger partial charge on any atom is -0.493 e. The molecular formula is C21H23NO6. The quantitative estimate of drug-likeness (QED) is 0.285. The first-order valence-corrected chi connectivity index (χ1v) is 8.63. The Morgan fingerprint density at radius 2 is 1.64 bits per heavy atom. The van der Waals surface area contributed by atoms with E-state index in [9.17, 15) is 14.9 Å². The molecular weight excluding hydrogens is 362 g/mol. The lowest BCUT2D eigenvalue weighted by Gasteiger charge is -2.13. The van der Waals surface area contributed by atoms with E-state index in [0.29, 0.717) is 33.9 Å². The van der Waals surface area contributed by atoms with Crippen molar-refractivity contribution in [2.45, 2.75) is 19.8 Å². The molecule has 2 aromatic carbocycles. The fourth-order valence-corrected chi connectivity index (χ4v) is 2.80. The number of hydrogen-bond donors (Lipinski definition) is 0. The smallest absolute Gasteiger partial charge is 0.273 e. The van der Waals surface area contributed by atoms with Crippen LogP contribution in [0.3, 0.4) is 0 Å². The minimum atomic E-state index is -0.409. The molecule has 0 atom stereocenters. The molecule has 2 aromatic rings. The largest absolute Gasteiger partial charge is 0.493 e. The second-order valence-electron chi connectivity index (χ2n) is 6.34. The minimum absolute atomic E-state index is 0.0271. The molecule has 0 amide bonds. The topological polar surface area (TPSA) is 87.9 Å². The van der Waals surface area contributed by atoms with Crippen LogP contribution in [0, 0.1) is 10.1 Å². The third-order valence-electron chi connectivity index (χ3n) is 4.25. The van der Waals surface area contributed by atoms with Gasteiger partial charge in [0.05, 0.1) is 26.3 Å². The zero-order valence-electron chi connectivity index (χ0n) is 16.5. The predicted octanol–water partition coefficient (Wildman–Crippen LogP) is 4.64. The summed E-state index contributed by atoms with van der Waals surface area (Å²) >= 11 is 0. The number of hydrogen-bond acceptors (Lipinski definition) is 6. The molecule has 0 spiro atoms. The normalized spacial score (nSPS) is 10.9. The Labute approximate surface area is 163 Å².